The minimum Gasteiger partial charge on any atom is -0.480 e. The fourth-order valence-electron chi connectivity index (χ4n) is 1.98. The van der Waals surface area contributed by atoms with Crippen LogP contribution in [0.3, 0.4) is 0 Å². The van der Waals surface area contributed by atoms with Crippen molar-refractivity contribution in [3.05, 3.63) is 35.9 Å². The summed E-state index contributed by atoms with van der Waals surface area (Å²) in [6.45, 7) is 1.13. The minimum absolute atomic E-state index is 0.171. The lowest BCUT2D eigenvalue weighted by atomic mass is 10.0. The summed E-state index contributed by atoms with van der Waals surface area (Å²) < 4.78 is 0. The Hall–Kier alpha value is -2.49. The van der Waals surface area contributed by atoms with Crippen LogP contribution >= 0.6 is 0 Å². The summed E-state index contributed by atoms with van der Waals surface area (Å²) in [5, 5.41) is 26.6. The zero-order chi connectivity index (χ0) is 17.9. The molecule has 1 fully saturated rings. The SMILES string of the molecule is O=C(O)C(=O)O.O=C(O)[C@@H]1CCC(NOCc2ccccc2)CN1. The van der Waals surface area contributed by atoms with Crippen LogP contribution in [0.5, 0.6) is 0 Å². The van der Waals surface area contributed by atoms with E-state index < -0.39 is 23.9 Å². The molecule has 0 aliphatic carbocycles. The van der Waals surface area contributed by atoms with E-state index in [4.69, 9.17) is 29.7 Å². The van der Waals surface area contributed by atoms with Gasteiger partial charge in [0.25, 0.3) is 0 Å². The number of nitrogens with one attached hydrogen (secondary N) is 2. The van der Waals surface area contributed by atoms with Crippen molar-refractivity contribution in [2.45, 2.75) is 31.5 Å². The van der Waals surface area contributed by atoms with Crippen LogP contribution < -0.4 is 10.8 Å². The van der Waals surface area contributed by atoms with Gasteiger partial charge < -0.3 is 20.6 Å². The Bertz CT molecular complexity index is 530. The van der Waals surface area contributed by atoms with Gasteiger partial charge in [0.15, 0.2) is 0 Å². The van der Waals surface area contributed by atoms with Gasteiger partial charge in [0, 0.05) is 12.6 Å². The van der Waals surface area contributed by atoms with Crippen LogP contribution in [0.4, 0.5) is 0 Å². The van der Waals surface area contributed by atoms with Gasteiger partial charge in [-0.15, -0.1) is 0 Å². The number of piperidine rings is 1. The van der Waals surface area contributed by atoms with Crippen molar-refractivity contribution < 1.29 is 34.5 Å². The highest BCUT2D eigenvalue weighted by Crippen LogP contribution is 2.09. The van der Waals surface area contributed by atoms with E-state index in [0.29, 0.717) is 19.6 Å². The molecule has 2 atom stereocenters. The molecule has 9 nitrogen and oxygen atoms in total. The number of hydrogen-bond acceptors (Lipinski definition) is 6. The molecule has 0 bridgehead atoms. The van der Waals surface area contributed by atoms with E-state index in [2.05, 4.69) is 10.8 Å². The summed E-state index contributed by atoms with van der Waals surface area (Å²) in [6, 6.07) is 9.66. The molecule has 0 amide bonds. The lowest BCUT2D eigenvalue weighted by Gasteiger charge is -2.27. The lowest BCUT2D eigenvalue weighted by Crippen LogP contribution is -2.50. The molecule has 0 radical (unpaired) electrons. The highest BCUT2D eigenvalue weighted by atomic mass is 16.6. The van der Waals surface area contributed by atoms with Crippen molar-refractivity contribution in [1.82, 2.24) is 10.8 Å². The lowest BCUT2D eigenvalue weighted by molar-refractivity contribution is -0.159. The smallest absolute Gasteiger partial charge is 0.414 e. The van der Waals surface area contributed by atoms with Crippen LogP contribution in [0.25, 0.3) is 0 Å². The van der Waals surface area contributed by atoms with Crippen LogP contribution in [-0.4, -0.2) is 51.9 Å². The quantitative estimate of drug-likeness (QED) is 0.371. The summed E-state index contributed by atoms with van der Waals surface area (Å²) in [5.41, 5.74) is 4.08. The monoisotopic (exact) mass is 340 g/mol. The van der Waals surface area contributed by atoms with E-state index in [9.17, 15) is 4.79 Å². The van der Waals surface area contributed by atoms with E-state index in [1.54, 1.807) is 0 Å². The number of rotatable bonds is 5. The fraction of sp³-hybridized carbons (Fsp3) is 0.400. The molecule has 0 aromatic heterocycles. The average Bonchev–Trinajstić information content (AvgIpc) is 2.57. The third kappa shape index (κ3) is 7.68. The summed E-state index contributed by atoms with van der Waals surface area (Å²) in [6.07, 6.45) is 1.43. The molecule has 0 saturated carbocycles. The van der Waals surface area contributed by atoms with Gasteiger partial charge in [-0.3, -0.25) is 9.63 Å². The summed E-state index contributed by atoms with van der Waals surface area (Å²) in [7, 11) is 0. The first-order valence-corrected chi connectivity index (χ1v) is 7.23. The first-order chi connectivity index (χ1) is 11.4. The predicted molar refractivity (Wildman–Crippen MR) is 82.1 cm³/mol. The molecule has 1 aromatic rings. The number of aliphatic carboxylic acids is 3. The highest BCUT2D eigenvalue weighted by Gasteiger charge is 2.25. The van der Waals surface area contributed by atoms with Gasteiger partial charge in [0.2, 0.25) is 0 Å². The molecule has 1 aliphatic rings. The number of benzene rings is 1. The first-order valence-electron chi connectivity index (χ1n) is 7.23. The highest BCUT2D eigenvalue weighted by molar-refractivity contribution is 6.27. The third-order valence-electron chi connectivity index (χ3n) is 3.23. The van der Waals surface area contributed by atoms with Crippen LogP contribution in [0, 0.1) is 0 Å². The third-order valence-corrected chi connectivity index (χ3v) is 3.23. The largest absolute Gasteiger partial charge is 0.480 e. The number of carbonyl (C=O) groups is 3. The van der Waals surface area contributed by atoms with Gasteiger partial charge in [-0.25, -0.2) is 9.59 Å². The van der Waals surface area contributed by atoms with E-state index in [-0.39, 0.29) is 6.04 Å². The number of hydroxylamine groups is 1. The normalized spacial score (nSPS) is 19.7. The van der Waals surface area contributed by atoms with Crippen LogP contribution in [-0.2, 0) is 25.8 Å². The Morgan fingerprint density at radius 3 is 2.17 bits per heavy atom. The van der Waals surface area contributed by atoms with Crippen molar-refractivity contribution >= 4 is 17.9 Å². The van der Waals surface area contributed by atoms with Crippen molar-refractivity contribution in [1.29, 1.82) is 0 Å². The number of hydrogen-bond donors (Lipinski definition) is 5. The minimum atomic E-state index is -1.82. The molecule has 132 valence electrons. The zero-order valence-electron chi connectivity index (χ0n) is 12.8. The van der Waals surface area contributed by atoms with Gasteiger partial charge in [0.05, 0.1) is 6.61 Å². The second-order valence-corrected chi connectivity index (χ2v) is 5.08. The Morgan fingerprint density at radius 2 is 1.71 bits per heavy atom. The van der Waals surface area contributed by atoms with Crippen LogP contribution in [0.15, 0.2) is 30.3 Å². The molecule has 1 unspecified atom stereocenters. The van der Waals surface area contributed by atoms with Crippen molar-refractivity contribution in [2.75, 3.05) is 6.54 Å². The predicted octanol–water partition coefficient (Wildman–Crippen LogP) is 0.0686. The molecule has 1 aromatic carbocycles. The molecule has 1 aliphatic heterocycles. The Morgan fingerprint density at radius 1 is 1.08 bits per heavy atom. The zero-order valence-corrected chi connectivity index (χ0v) is 12.8. The van der Waals surface area contributed by atoms with Crippen molar-refractivity contribution in [2.24, 2.45) is 0 Å². The van der Waals surface area contributed by atoms with Crippen LogP contribution in [0.2, 0.25) is 0 Å². The molecule has 24 heavy (non-hydrogen) atoms. The Labute approximate surface area is 138 Å². The van der Waals surface area contributed by atoms with Gasteiger partial charge in [-0.05, 0) is 18.4 Å². The Kier molecular flexibility index (Phi) is 8.41. The number of carboxylic acid groups (broad SMARTS) is 3. The topological polar surface area (TPSA) is 145 Å². The molecule has 2 rings (SSSR count). The van der Waals surface area contributed by atoms with Gasteiger partial charge in [0.1, 0.15) is 6.04 Å². The van der Waals surface area contributed by atoms with Gasteiger partial charge in [-0.2, -0.15) is 5.48 Å². The number of carboxylic acids is 3. The van der Waals surface area contributed by atoms with Crippen molar-refractivity contribution in [3.63, 3.8) is 0 Å². The summed E-state index contributed by atoms with van der Waals surface area (Å²) in [5.74, 6) is -4.43. The maximum absolute atomic E-state index is 10.7. The summed E-state index contributed by atoms with van der Waals surface area (Å²) in [4.78, 5) is 34.4. The van der Waals surface area contributed by atoms with Gasteiger partial charge in [-0.1, -0.05) is 30.3 Å². The second-order valence-electron chi connectivity index (χ2n) is 5.08. The Balaban J connectivity index is 0.000000413. The molecule has 1 heterocycles. The van der Waals surface area contributed by atoms with Crippen LogP contribution in [0.1, 0.15) is 18.4 Å². The maximum atomic E-state index is 10.7. The second kappa shape index (κ2) is 10.3. The first kappa shape index (κ1) is 19.6. The molecule has 5 N–H and O–H groups in total. The fourth-order valence-corrected chi connectivity index (χ4v) is 1.98. The van der Waals surface area contributed by atoms with E-state index in [1.807, 2.05) is 30.3 Å². The molecule has 1 saturated heterocycles. The average molecular weight is 340 g/mol. The van der Waals surface area contributed by atoms with Gasteiger partial charge >= 0.3 is 17.9 Å². The maximum Gasteiger partial charge on any atom is 0.414 e. The van der Waals surface area contributed by atoms with Crippen molar-refractivity contribution in [3.8, 4) is 0 Å². The van der Waals surface area contributed by atoms with E-state index >= 15 is 0 Å². The van der Waals surface area contributed by atoms with E-state index in [1.165, 1.54) is 0 Å². The molecular weight excluding hydrogens is 320 g/mol. The summed E-state index contributed by atoms with van der Waals surface area (Å²) >= 11 is 0. The molecular formula is C15H20N2O7. The standard InChI is InChI=1S/C13H18N2O3.C2H2O4/c16-13(17)12-7-6-11(8-14-12)15-18-9-10-4-2-1-3-5-10;3-1(4)2(5)6/h1-5,11-12,14-15H,6-9H2,(H,16,17);(H,3,4)(H,5,6)/t11?,12-;/m0./s1. The van der Waals surface area contributed by atoms with E-state index in [0.717, 1.165) is 12.0 Å². The molecule has 9 heteroatoms. The molecule has 0 spiro atoms.